The predicted octanol–water partition coefficient (Wildman–Crippen LogP) is 7.92. The first kappa shape index (κ1) is 32.8. The van der Waals surface area contributed by atoms with Crippen molar-refractivity contribution in [2.45, 2.75) is 17.1 Å². The van der Waals surface area contributed by atoms with Crippen molar-refractivity contribution < 1.29 is 23.9 Å². The second-order valence-electron chi connectivity index (χ2n) is 10.1. The van der Waals surface area contributed by atoms with Gasteiger partial charge in [-0.1, -0.05) is 54.6 Å². The van der Waals surface area contributed by atoms with Crippen molar-refractivity contribution in [3.63, 3.8) is 0 Å². The fourth-order valence-corrected chi connectivity index (χ4v) is 6.84. The maximum atomic E-state index is 13.9. The molecule has 1 heterocycles. The maximum absolute atomic E-state index is 13.9. The van der Waals surface area contributed by atoms with Gasteiger partial charge in [0.1, 0.15) is 16.3 Å². The number of anilines is 3. The molecule has 0 saturated heterocycles. The van der Waals surface area contributed by atoms with E-state index in [2.05, 4.69) is 22.0 Å². The fraction of sp³-hybridized carbons (Fsp3) is 0.111. The molecule has 0 aliphatic heterocycles. The number of amides is 3. The molecule has 0 aliphatic rings. The van der Waals surface area contributed by atoms with Crippen LogP contribution in [0.15, 0.2) is 108 Å². The van der Waals surface area contributed by atoms with Crippen molar-refractivity contribution in [2.75, 3.05) is 30.2 Å². The predicted molar refractivity (Wildman–Crippen MR) is 186 cm³/mol. The quantitative estimate of drug-likeness (QED) is 0.123. The summed E-state index contributed by atoms with van der Waals surface area (Å²) in [4.78, 5) is 41.1. The Kier molecular flexibility index (Phi) is 10.6. The monoisotopic (exact) mass is 662 g/mol. The highest BCUT2D eigenvalue weighted by atomic mass is 32.2. The number of thiophene rings is 1. The van der Waals surface area contributed by atoms with Gasteiger partial charge < -0.3 is 25.4 Å². The third-order valence-corrected chi connectivity index (χ3v) is 9.52. The van der Waals surface area contributed by atoms with Gasteiger partial charge in [0.2, 0.25) is 5.91 Å². The molecule has 1 unspecified atom stereocenters. The van der Waals surface area contributed by atoms with Crippen LogP contribution in [0, 0.1) is 18.3 Å². The molecule has 4 aromatic carbocycles. The molecule has 11 heteroatoms. The molecule has 236 valence electrons. The highest BCUT2D eigenvalue weighted by Crippen LogP contribution is 2.39. The van der Waals surface area contributed by atoms with E-state index in [9.17, 15) is 19.6 Å². The van der Waals surface area contributed by atoms with Gasteiger partial charge >= 0.3 is 0 Å². The van der Waals surface area contributed by atoms with E-state index in [1.807, 2.05) is 54.6 Å². The highest BCUT2D eigenvalue weighted by molar-refractivity contribution is 8.00. The van der Waals surface area contributed by atoms with E-state index < -0.39 is 5.25 Å². The minimum atomic E-state index is -0.719. The first-order chi connectivity index (χ1) is 22.8. The van der Waals surface area contributed by atoms with Gasteiger partial charge in [-0.25, -0.2) is 0 Å². The first-order valence-corrected chi connectivity index (χ1v) is 16.1. The average molecular weight is 663 g/mol. The number of benzene rings is 4. The Morgan fingerprint density at radius 2 is 1.43 bits per heavy atom. The molecule has 0 radical (unpaired) electrons. The lowest BCUT2D eigenvalue weighted by Gasteiger charge is -2.17. The zero-order valence-electron chi connectivity index (χ0n) is 25.7. The van der Waals surface area contributed by atoms with Gasteiger partial charge in [0.15, 0.2) is 11.5 Å². The lowest BCUT2D eigenvalue weighted by atomic mass is 10.1. The molecular formula is C36H30N4O5S2. The number of rotatable bonds is 11. The van der Waals surface area contributed by atoms with Crippen LogP contribution in [-0.4, -0.2) is 31.9 Å². The standard InChI is InChI=1S/C36H30N4O5S2/c1-22-28(21-37)36(47-31(22)34(42)38-25-13-8-5-9-14-25)40-35(43)32(23-11-6-4-7-12-23)46-27-16-10-15-26(20-27)39-33(41)24-17-18-29(44-2)30(19-24)45-3/h4-20,32H,1-3H3,(H,38,42)(H,39,41)(H,40,43). The fourth-order valence-electron chi connectivity index (χ4n) is 4.70. The molecule has 3 N–H and O–H groups in total. The zero-order valence-corrected chi connectivity index (χ0v) is 27.3. The van der Waals surface area contributed by atoms with Crippen molar-refractivity contribution >= 4 is 57.2 Å². The van der Waals surface area contributed by atoms with Crippen molar-refractivity contribution in [3.05, 3.63) is 130 Å². The van der Waals surface area contributed by atoms with E-state index in [0.717, 1.165) is 21.8 Å². The van der Waals surface area contributed by atoms with Crippen LogP contribution in [0.3, 0.4) is 0 Å². The number of carbonyl (C=O) groups excluding carboxylic acids is 3. The molecule has 0 spiro atoms. The van der Waals surface area contributed by atoms with E-state index in [1.54, 1.807) is 55.5 Å². The SMILES string of the molecule is COc1ccc(C(=O)Nc2cccc(SC(C(=O)Nc3sc(C(=O)Nc4ccccc4)c(C)c3C#N)c3ccccc3)c2)cc1OC. The van der Waals surface area contributed by atoms with Gasteiger partial charge in [-0.05, 0) is 66.6 Å². The summed E-state index contributed by atoms with van der Waals surface area (Å²) in [6.07, 6.45) is 0. The lowest BCUT2D eigenvalue weighted by molar-refractivity contribution is -0.115. The van der Waals surface area contributed by atoms with E-state index in [0.29, 0.717) is 43.9 Å². The number of ether oxygens (including phenoxy) is 2. The van der Waals surface area contributed by atoms with Crippen molar-refractivity contribution in [3.8, 4) is 17.6 Å². The molecule has 5 rings (SSSR count). The van der Waals surface area contributed by atoms with Gasteiger partial charge in [-0.3, -0.25) is 14.4 Å². The van der Waals surface area contributed by atoms with Gasteiger partial charge in [-0.2, -0.15) is 5.26 Å². The molecule has 3 amide bonds. The summed E-state index contributed by atoms with van der Waals surface area (Å²) in [5.74, 6) is -0.121. The molecular weight excluding hydrogens is 633 g/mol. The maximum Gasteiger partial charge on any atom is 0.266 e. The number of para-hydroxylation sites is 1. The van der Waals surface area contributed by atoms with Crippen LogP contribution in [0.5, 0.6) is 11.5 Å². The molecule has 0 saturated carbocycles. The Balaban J connectivity index is 1.37. The van der Waals surface area contributed by atoms with E-state index in [1.165, 1.54) is 26.0 Å². The van der Waals surface area contributed by atoms with Gasteiger partial charge in [-0.15, -0.1) is 23.1 Å². The topological polar surface area (TPSA) is 130 Å². The van der Waals surface area contributed by atoms with Crippen LogP contribution in [0.1, 0.15) is 42.0 Å². The number of nitrogens with zero attached hydrogens (tertiary/aromatic N) is 1. The third kappa shape index (κ3) is 7.81. The van der Waals surface area contributed by atoms with Gasteiger partial charge in [0.25, 0.3) is 11.8 Å². The number of nitrogens with one attached hydrogen (secondary N) is 3. The normalized spacial score (nSPS) is 11.1. The summed E-state index contributed by atoms with van der Waals surface area (Å²) in [6, 6.07) is 32.5. The van der Waals surface area contributed by atoms with Crippen LogP contribution in [0.2, 0.25) is 0 Å². The Morgan fingerprint density at radius 3 is 2.11 bits per heavy atom. The first-order valence-electron chi connectivity index (χ1n) is 14.4. The van der Waals surface area contributed by atoms with E-state index >= 15 is 0 Å². The molecule has 1 aromatic heterocycles. The van der Waals surface area contributed by atoms with Crippen LogP contribution >= 0.6 is 23.1 Å². The average Bonchev–Trinajstić information content (AvgIpc) is 3.41. The lowest BCUT2D eigenvalue weighted by Crippen LogP contribution is -2.19. The van der Waals surface area contributed by atoms with Crippen LogP contribution in [0.25, 0.3) is 0 Å². The number of hydrogen-bond acceptors (Lipinski definition) is 8. The summed E-state index contributed by atoms with van der Waals surface area (Å²) in [5.41, 5.74) is 3.01. The molecule has 0 fully saturated rings. The Bertz CT molecular complexity index is 1960. The molecule has 0 bridgehead atoms. The molecule has 47 heavy (non-hydrogen) atoms. The minimum Gasteiger partial charge on any atom is -0.493 e. The summed E-state index contributed by atoms with van der Waals surface area (Å²) in [6.45, 7) is 1.69. The molecule has 5 aromatic rings. The summed E-state index contributed by atoms with van der Waals surface area (Å²) >= 11 is 2.35. The number of carbonyl (C=O) groups is 3. The van der Waals surface area contributed by atoms with Crippen LogP contribution in [0.4, 0.5) is 16.4 Å². The second kappa shape index (κ2) is 15.1. The second-order valence-corrected chi connectivity index (χ2v) is 12.3. The number of nitriles is 1. The zero-order chi connectivity index (χ0) is 33.3. The Morgan fingerprint density at radius 1 is 0.766 bits per heavy atom. The number of methoxy groups -OCH3 is 2. The van der Waals surface area contributed by atoms with Crippen LogP contribution < -0.4 is 25.4 Å². The van der Waals surface area contributed by atoms with Gasteiger partial charge in [0, 0.05) is 21.8 Å². The van der Waals surface area contributed by atoms with Crippen molar-refractivity contribution in [1.82, 2.24) is 0 Å². The Hall–Kier alpha value is -5.57. The van der Waals surface area contributed by atoms with E-state index in [4.69, 9.17) is 9.47 Å². The smallest absolute Gasteiger partial charge is 0.266 e. The van der Waals surface area contributed by atoms with Gasteiger partial charge in [0.05, 0.1) is 24.7 Å². The molecule has 9 nitrogen and oxygen atoms in total. The van der Waals surface area contributed by atoms with Crippen molar-refractivity contribution in [2.24, 2.45) is 0 Å². The summed E-state index contributed by atoms with van der Waals surface area (Å²) in [5, 5.41) is 18.2. The summed E-state index contributed by atoms with van der Waals surface area (Å²) < 4.78 is 10.6. The minimum absolute atomic E-state index is 0.234. The highest BCUT2D eigenvalue weighted by Gasteiger charge is 2.27. The van der Waals surface area contributed by atoms with Crippen molar-refractivity contribution in [1.29, 1.82) is 5.26 Å². The molecule has 1 atom stereocenters. The van der Waals surface area contributed by atoms with E-state index in [-0.39, 0.29) is 23.3 Å². The number of hydrogen-bond donors (Lipinski definition) is 3. The summed E-state index contributed by atoms with van der Waals surface area (Å²) in [7, 11) is 3.03. The Labute approximate surface area is 280 Å². The number of thioether (sulfide) groups is 1. The van der Waals surface area contributed by atoms with Crippen LogP contribution in [-0.2, 0) is 4.79 Å². The molecule has 0 aliphatic carbocycles. The largest absolute Gasteiger partial charge is 0.493 e. The third-order valence-electron chi connectivity index (χ3n) is 7.07.